The molecule has 1 atom stereocenters. The third kappa shape index (κ3) is 4.98. The van der Waals surface area contributed by atoms with Gasteiger partial charge in [0.25, 0.3) is 0 Å². The Balaban J connectivity index is 1.73. The van der Waals surface area contributed by atoms with Gasteiger partial charge in [0.2, 0.25) is 24.6 Å². The van der Waals surface area contributed by atoms with Gasteiger partial charge in [0.1, 0.15) is 0 Å². The van der Waals surface area contributed by atoms with Crippen LogP contribution in [0.25, 0.3) is 0 Å². The average molecular weight is 372 g/mol. The van der Waals surface area contributed by atoms with Crippen LogP contribution in [0.4, 0.5) is 17.8 Å². The number of hydrogen-bond acceptors (Lipinski definition) is 9. The van der Waals surface area contributed by atoms with E-state index in [1.165, 1.54) is 0 Å². The maximum atomic E-state index is 9.40. The zero-order valence-corrected chi connectivity index (χ0v) is 15.2. The van der Waals surface area contributed by atoms with E-state index in [0.717, 1.165) is 23.5 Å². The summed E-state index contributed by atoms with van der Waals surface area (Å²) in [5, 5.41) is 18.8. The number of rotatable bonds is 10. The second-order valence-corrected chi connectivity index (χ2v) is 5.95. The van der Waals surface area contributed by atoms with E-state index in [1.807, 2.05) is 25.1 Å². The molecule has 144 valence electrons. The average Bonchev–Trinajstić information content (AvgIpc) is 3.16. The monoisotopic (exact) mass is 372 g/mol. The van der Waals surface area contributed by atoms with Gasteiger partial charge in [-0.15, -0.1) is 6.58 Å². The predicted molar refractivity (Wildman–Crippen MR) is 103 cm³/mol. The molecule has 2 aromatic rings. The Labute approximate surface area is 157 Å². The van der Waals surface area contributed by atoms with Crippen LogP contribution in [0.1, 0.15) is 18.9 Å². The van der Waals surface area contributed by atoms with E-state index in [0.29, 0.717) is 30.9 Å². The van der Waals surface area contributed by atoms with Crippen molar-refractivity contribution in [3.63, 3.8) is 0 Å². The van der Waals surface area contributed by atoms with E-state index in [4.69, 9.17) is 9.47 Å². The molecule has 0 bridgehead atoms. The third-order valence-corrected chi connectivity index (χ3v) is 3.97. The first-order valence-electron chi connectivity index (χ1n) is 8.82. The van der Waals surface area contributed by atoms with Crippen LogP contribution in [0.15, 0.2) is 30.9 Å². The van der Waals surface area contributed by atoms with Gasteiger partial charge < -0.3 is 30.5 Å². The van der Waals surface area contributed by atoms with Crippen LogP contribution in [0.5, 0.6) is 11.5 Å². The lowest BCUT2D eigenvalue weighted by atomic mass is 10.2. The number of anilines is 3. The van der Waals surface area contributed by atoms with Gasteiger partial charge in [-0.05, 0) is 24.1 Å². The Bertz CT molecular complexity index is 782. The van der Waals surface area contributed by atoms with E-state index in [-0.39, 0.29) is 19.4 Å². The lowest BCUT2D eigenvalue weighted by Gasteiger charge is -2.15. The van der Waals surface area contributed by atoms with Crippen molar-refractivity contribution in [2.75, 3.05) is 35.9 Å². The summed E-state index contributed by atoms with van der Waals surface area (Å²) < 4.78 is 10.7. The summed E-state index contributed by atoms with van der Waals surface area (Å²) in [6.07, 6.45) is 2.47. The Morgan fingerprint density at radius 3 is 2.63 bits per heavy atom. The summed E-state index contributed by atoms with van der Waals surface area (Å²) in [5.41, 5.74) is 1.01. The molecule has 27 heavy (non-hydrogen) atoms. The van der Waals surface area contributed by atoms with E-state index in [1.54, 1.807) is 6.08 Å². The van der Waals surface area contributed by atoms with Crippen molar-refractivity contribution in [2.24, 2.45) is 0 Å². The molecule has 9 nitrogen and oxygen atoms in total. The zero-order chi connectivity index (χ0) is 19.1. The smallest absolute Gasteiger partial charge is 0.231 e. The standard InChI is InChI=1S/C18H24N6O3/c1-3-7-19-16-22-17(24-18(23-16)21-13(4-2)10-25)20-9-12-5-6-14-15(8-12)27-11-26-14/h3,5-6,8,13,25H,1,4,7,9-11H2,2H3,(H3,19,20,21,22,23,24)/t13-/m1/s1. The molecule has 0 fully saturated rings. The highest BCUT2D eigenvalue weighted by Crippen LogP contribution is 2.32. The van der Waals surface area contributed by atoms with Gasteiger partial charge in [0, 0.05) is 13.1 Å². The lowest BCUT2D eigenvalue weighted by Crippen LogP contribution is -2.24. The van der Waals surface area contributed by atoms with E-state index in [9.17, 15) is 5.11 Å². The maximum Gasteiger partial charge on any atom is 0.231 e. The third-order valence-electron chi connectivity index (χ3n) is 3.97. The van der Waals surface area contributed by atoms with Crippen molar-refractivity contribution in [1.82, 2.24) is 15.0 Å². The van der Waals surface area contributed by atoms with Crippen LogP contribution >= 0.6 is 0 Å². The van der Waals surface area contributed by atoms with Gasteiger partial charge >= 0.3 is 0 Å². The summed E-state index contributed by atoms with van der Waals surface area (Å²) in [5.74, 6) is 2.72. The predicted octanol–water partition coefficient (Wildman–Crippen LogP) is 1.99. The molecule has 9 heteroatoms. The van der Waals surface area contributed by atoms with Crippen LogP contribution in [-0.2, 0) is 6.54 Å². The van der Waals surface area contributed by atoms with Crippen molar-refractivity contribution < 1.29 is 14.6 Å². The largest absolute Gasteiger partial charge is 0.454 e. The maximum absolute atomic E-state index is 9.40. The number of nitrogens with one attached hydrogen (secondary N) is 3. The van der Waals surface area contributed by atoms with E-state index in [2.05, 4.69) is 37.5 Å². The van der Waals surface area contributed by atoms with E-state index >= 15 is 0 Å². The molecule has 1 aliphatic heterocycles. The van der Waals surface area contributed by atoms with Gasteiger partial charge in [-0.1, -0.05) is 19.1 Å². The van der Waals surface area contributed by atoms with Crippen LogP contribution < -0.4 is 25.4 Å². The minimum absolute atomic E-state index is 0.00242. The number of ether oxygens (including phenoxy) is 2. The molecule has 0 aliphatic carbocycles. The molecular weight excluding hydrogens is 348 g/mol. The van der Waals surface area contributed by atoms with Gasteiger partial charge in [-0.2, -0.15) is 15.0 Å². The van der Waals surface area contributed by atoms with Gasteiger partial charge in [0.15, 0.2) is 11.5 Å². The van der Waals surface area contributed by atoms with Gasteiger partial charge in [-0.25, -0.2) is 0 Å². The SMILES string of the molecule is C=CCNc1nc(NCc2ccc3c(c2)OCO3)nc(N[C@H](CC)CO)n1. The topological polar surface area (TPSA) is 113 Å². The minimum Gasteiger partial charge on any atom is -0.454 e. The Morgan fingerprint density at radius 1 is 1.15 bits per heavy atom. The Kier molecular flexibility index (Phi) is 6.26. The zero-order valence-electron chi connectivity index (χ0n) is 15.2. The molecule has 0 saturated carbocycles. The van der Waals surface area contributed by atoms with Crippen LogP contribution in [0, 0.1) is 0 Å². The number of aromatic nitrogens is 3. The number of aliphatic hydroxyl groups is 1. The molecule has 0 amide bonds. The summed E-state index contributed by atoms with van der Waals surface area (Å²) in [4.78, 5) is 13.1. The van der Waals surface area contributed by atoms with Crippen molar-refractivity contribution >= 4 is 17.8 Å². The second-order valence-electron chi connectivity index (χ2n) is 5.95. The fourth-order valence-corrected chi connectivity index (χ4v) is 2.45. The first-order valence-corrected chi connectivity index (χ1v) is 8.82. The molecule has 2 heterocycles. The minimum atomic E-state index is -0.124. The Morgan fingerprint density at radius 2 is 1.89 bits per heavy atom. The van der Waals surface area contributed by atoms with Crippen molar-refractivity contribution in [3.8, 4) is 11.5 Å². The molecule has 1 aliphatic rings. The molecule has 0 spiro atoms. The first-order chi connectivity index (χ1) is 13.2. The molecule has 1 aromatic heterocycles. The summed E-state index contributed by atoms with van der Waals surface area (Å²) >= 11 is 0. The molecule has 3 rings (SSSR count). The number of benzene rings is 1. The van der Waals surface area contributed by atoms with Crippen LogP contribution in [-0.4, -0.2) is 46.0 Å². The summed E-state index contributed by atoms with van der Waals surface area (Å²) in [6.45, 7) is 6.94. The number of aliphatic hydroxyl groups excluding tert-OH is 1. The van der Waals surface area contributed by atoms with Gasteiger partial charge in [0.05, 0.1) is 12.6 Å². The molecule has 0 saturated heterocycles. The quantitative estimate of drug-likeness (QED) is 0.465. The van der Waals surface area contributed by atoms with Crippen LogP contribution in [0.2, 0.25) is 0 Å². The van der Waals surface area contributed by atoms with E-state index < -0.39 is 0 Å². The second kappa shape index (κ2) is 9.04. The lowest BCUT2D eigenvalue weighted by molar-refractivity contribution is 0.174. The van der Waals surface area contributed by atoms with Crippen molar-refractivity contribution in [2.45, 2.75) is 25.9 Å². The molecular formula is C18H24N6O3. The fraction of sp³-hybridized carbons (Fsp3) is 0.389. The highest BCUT2D eigenvalue weighted by Gasteiger charge is 2.14. The van der Waals surface area contributed by atoms with Gasteiger partial charge in [-0.3, -0.25) is 0 Å². The molecule has 0 unspecified atom stereocenters. The normalized spacial score (nSPS) is 13.1. The fourth-order valence-electron chi connectivity index (χ4n) is 2.45. The molecule has 4 N–H and O–H groups in total. The summed E-state index contributed by atoms with van der Waals surface area (Å²) in [7, 11) is 0. The van der Waals surface area contributed by atoms with Crippen molar-refractivity contribution in [1.29, 1.82) is 0 Å². The first kappa shape index (κ1) is 18.7. The number of fused-ring (bicyclic) bond motifs is 1. The highest BCUT2D eigenvalue weighted by atomic mass is 16.7. The highest BCUT2D eigenvalue weighted by molar-refractivity contribution is 5.46. The van der Waals surface area contributed by atoms with Crippen LogP contribution in [0.3, 0.4) is 0 Å². The Hall–Kier alpha value is -3.07. The number of hydrogen-bond donors (Lipinski definition) is 4. The molecule has 1 aromatic carbocycles. The number of nitrogens with zero attached hydrogens (tertiary/aromatic N) is 3. The molecule has 0 radical (unpaired) electrons. The summed E-state index contributed by atoms with van der Waals surface area (Å²) in [6, 6.07) is 5.63. The van der Waals surface area contributed by atoms with Crippen molar-refractivity contribution in [3.05, 3.63) is 36.4 Å².